The number of rotatable bonds is 7. The first-order chi connectivity index (χ1) is 13.7. The fourth-order valence-corrected chi connectivity index (χ4v) is 3.76. The lowest BCUT2D eigenvalue weighted by Crippen LogP contribution is -2.38. The van der Waals surface area contributed by atoms with Gasteiger partial charge in [-0.1, -0.05) is 19.9 Å². The van der Waals surface area contributed by atoms with Gasteiger partial charge in [-0.15, -0.1) is 11.3 Å². The number of benzene rings is 1. The molecule has 29 heavy (non-hydrogen) atoms. The minimum absolute atomic E-state index is 0.0574. The van der Waals surface area contributed by atoms with E-state index in [1.807, 2.05) is 19.2 Å². The number of hydrogen-bond acceptors (Lipinski definition) is 8. The van der Waals surface area contributed by atoms with Crippen LogP contribution in [0.4, 0.5) is 17.1 Å². The molecule has 152 valence electrons. The number of nitrogens with zero attached hydrogens (tertiary/aromatic N) is 2. The predicted molar refractivity (Wildman–Crippen MR) is 114 cm³/mol. The molecule has 3 rings (SSSR count). The molecule has 0 aliphatic rings. The van der Waals surface area contributed by atoms with Crippen LogP contribution in [-0.4, -0.2) is 35.0 Å². The van der Waals surface area contributed by atoms with Crippen LogP contribution in [0.15, 0.2) is 39.4 Å². The molecule has 1 aromatic heterocycles. The van der Waals surface area contributed by atoms with Gasteiger partial charge in [0, 0.05) is 25.7 Å². The average Bonchev–Trinajstić information content (AvgIpc) is 3.21. The van der Waals surface area contributed by atoms with Gasteiger partial charge >= 0.3 is 0 Å². The Morgan fingerprint density at radius 2 is 1.86 bits per heavy atom. The monoisotopic (exact) mass is 414 g/mol. The molecule has 2 aromatic carbocycles. The summed E-state index contributed by atoms with van der Waals surface area (Å²) in [6.07, 6.45) is 1.68. The Bertz CT molecular complexity index is 1100. The lowest BCUT2D eigenvalue weighted by molar-refractivity contribution is 0.0824. The van der Waals surface area contributed by atoms with Crippen molar-refractivity contribution in [2.45, 2.75) is 19.9 Å². The summed E-state index contributed by atoms with van der Waals surface area (Å²) < 4.78 is 0. The van der Waals surface area contributed by atoms with E-state index in [9.17, 15) is 19.5 Å². The number of carbonyl (C=O) groups excluding carboxylic acids is 1. The number of aromatic hydroxyl groups is 1. The summed E-state index contributed by atoms with van der Waals surface area (Å²) in [7, 11) is 3.15. The van der Waals surface area contributed by atoms with Crippen molar-refractivity contribution < 1.29 is 9.90 Å². The molecule has 0 aliphatic carbocycles. The van der Waals surface area contributed by atoms with Crippen molar-refractivity contribution in [3.8, 4) is 5.75 Å². The van der Waals surface area contributed by atoms with Gasteiger partial charge in [0.1, 0.15) is 16.4 Å². The molecule has 0 radical (unpaired) electrons. The maximum absolute atomic E-state index is 12.2. The normalized spacial score (nSPS) is 12.2. The molecule has 3 N–H and O–H groups in total. The summed E-state index contributed by atoms with van der Waals surface area (Å²) in [6.45, 7) is 3.97. The van der Waals surface area contributed by atoms with E-state index in [0.29, 0.717) is 0 Å². The molecule has 9 heteroatoms. The van der Waals surface area contributed by atoms with Gasteiger partial charge < -0.3 is 20.6 Å². The fraction of sp³-hybridized carbons (Fsp3) is 0.300. The second kappa shape index (κ2) is 8.04. The topological polar surface area (TPSA) is 112 Å². The van der Waals surface area contributed by atoms with E-state index < -0.39 is 10.9 Å². The number of nitrogens with one attached hydrogen (secondary N) is 2. The van der Waals surface area contributed by atoms with Crippen molar-refractivity contribution in [3.05, 3.63) is 60.8 Å². The second-order valence-electron chi connectivity index (χ2n) is 7.17. The lowest BCUT2D eigenvalue weighted by Gasteiger charge is -2.24. The Hall–Kier alpha value is -3.20. The molecule has 0 saturated heterocycles. The van der Waals surface area contributed by atoms with Crippen LogP contribution in [0.2, 0.25) is 0 Å². The van der Waals surface area contributed by atoms with Crippen molar-refractivity contribution in [1.82, 2.24) is 9.88 Å². The maximum atomic E-state index is 12.2. The van der Waals surface area contributed by atoms with Crippen LogP contribution in [0.25, 0.3) is 0 Å². The maximum Gasteiger partial charge on any atom is 0.257 e. The number of thiazole rings is 1. The Balaban J connectivity index is 1.92. The lowest BCUT2D eigenvalue weighted by atomic mass is 10.0. The highest BCUT2D eigenvalue weighted by atomic mass is 32.1. The molecule has 0 spiro atoms. The van der Waals surface area contributed by atoms with Gasteiger partial charge in [0.05, 0.1) is 17.3 Å². The molecule has 8 nitrogen and oxygen atoms in total. The first kappa shape index (κ1) is 20.5. The number of amides is 1. The molecule has 1 atom stereocenters. The van der Waals surface area contributed by atoms with Crippen LogP contribution >= 0.6 is 11.3 Å². The number of phenols is 1. The molecule has 0 saturated carbocycles. The van der Waals surface area contributed by atoms with Gasteiger partial charge in [-0.05, 0) is 18.1 Å². The number of aromatic nitrogens is 1. The van der Waals surface area contributed by atoms with Gasteiger partial charge in [-0.2, -0.15) is 0 Å². The Morgan fingerprint density at radius 3 is 2.45 bits per heavy atom. The zero-order valence-corrected chi connectivity index (χ0v) is 17.3. The highest BCUT2D eigenvalue weighted by Gasteiger charge is 2.27. The van der Waals surface area contributed by atoms with E-state index in [1.54, 1.807) is 26.4 Å². The third kappa shape index (κ3) is 3.86. The number of para-hydroxylation sites is 1. The number of carbonyl (C=O) groups is 1. The molecule has 0 fully saturated rings. The van der Waals surface area contributed by atoms with Gasteiger partial charge in [0.15, 0.2) is 5.75 Å². The van der Waals surface area contributed by atoms with Gasteiger partial charge in [0.25, 0.3) is 16.8 Å². The minimum Gasteiger partial charge on any atom is -0.505 e. The van der Waals surface area contributed by atoms with Gasteiger partial charge in [-0.25, -0.2) is 4.98 Å². The first-order valence-corrected chi connectivity index (χ1v) is 9.90. The summed E-state index contributed by atoms with van der Waals surface area (Å²) in [5, 5.41) is 19.1. The van der Waals surface area contributed by atoms with Crippen molar-refractivity contribution in [2.75, 3.05) is 24.7 Å². The van der Waals surface area contributed by atoms with Crippen molar-refractivity contribution in [3.63, 3.8) is 0 Å². The summed E-state index contributed by atoms with van der Waals surface area (Å²) in [5.74, 6) is -0.545. The molecular formula is C20H22N4O4S. The third-order valence-corrected chi connectivity index (χ3v) is 5.39. The first-order valence-electron chi connectivity index (χ1n) is 9.02. The molecule has 3 aromatic rings. The molecule has 0 bridgehead atoms. The zero-order chi connectivity index (χ0) is 21.3. The zero-order valence-electron chi connectivity index (χ0n) is 16.5. The van der Waals surface area contributed by atoms with Gasteiger partial charge in [-0.3, -0.25) is 14.4 Å². The Kier molecular flexibility index (Phi) is 5.69. The summed E-state index contributed by atoms with van der Waals surface area (Å²) >= 11 is 1.46. The fourth-order valence-electron chi connectivity index (χ4n) is 2.90. The predicted octanol–water partition coefficient (Wildman–Crippen LogP) is 2.70. The number of hydrogen-bond donors (Lipinski definition) is 3. The van der Waals surface area contributed by atoms with Crippen molar-refractivity contribution in [2.24, 2.45) is 5.92 Å². The second-order valence-corrected chi connectivity index (χ2v) is 8.10. The molecule has 0 aliphatic heterocycles. The van der Waals surface area contributed by atoms with E-state index in [-0.39, 0.29) is 46.2 Å². The van der Waals surface area contributed by atoms with Crippen LogP contribution in [0.5, 0.6) is 5.75 Å². The van der Waals surface area contributed by atoms with E-state index in [4.69, 9.17) is 0 Å². The number of phenolic OH excluding ortho intramolecular Hbond substituents is 1. The van der Waals surface area contributed by atoms with Crippen molar-refractivity contribution >= 4 is 34.3 Å². The largest absolute Gasteiger partial charge is 0.505 e. The van der Waals surface area contributed by atoms with E-state index in [2.05, 4.69) is 15.6 Å². The Morgan fingerprint density at radius 1 is 1.17 bits per heavy atom. The quantitative estimate of drug-likeness (QED) is 0.403. The highest BCUT2D eigenvalue weighted by Crippen LogP contribution is 2.34. The summed E-state index contributed by atoms with van der Waals surface area (Å²) in [6, 6.07) is 4.36. The molecule has 1 amide bonds. The van der Waals surface area contributed by atoms with Crippen molar-refractivity contribution in [1.29, 1.82) is 0 Å². The van der Waals surface area contributed by atoms with Crippen LogP contribution in [0.3, 0.4) is 0 Å². The minimum atomic E-state index is -0.683. The van der Waals surface area contributed by atoms with E-state index in [0.717, 1.165) is 5.01 Å². The third-order valence-electron chi connectivity index (χ3n) is 4.53. The van der Waals surface area contributed by atoms with E-state index >= 15 is 0 Å². The van der Waals surface area contributed by atoms with Crippen LogP contribution in [0, 0.1) is 5.92 Å². The molecule has 1 heterocycles. The van der Waals surface area contributed by atoms with Crippen LogP contribution in [0.1, 0.15) is 35.3 Å². The standard InChI is InChI=1S/C20H22N4O4S/c1-10(2)13(19-21-8-9-29-19)23-15-14(17(26)18(15)27)22-12-7-5-6-11(16(12)25)20(28)24(3)4/h5-10,13,22-23,25H,1-4H3/t13-/m1/s1. The molecular weight excluding hydrogens is 392 g/mol. The average molecular weight is 414 g/mol. The smallest absolute Gasteiger partial charge is 0.257 e. The SMILES string of the molecule is CC(C)[C@@H](Nc1c(Nc2cccc(C(=O)N(C)C)c2O)c(=O)c1=O)c1nccs1. The number of anilines is 3. The van der Waals surface area contributed by atoms with Crippen LogP contribution in [-0.2, 0) is 0 Å². The van der Waals surface area contributed by atoms with Gasteiger partial charge in [0.2, 0.25) is 0 Å². The van der Waals surface area contributed by atoms with Crippen LogP contribution < -0.4 is 21.5 Å². The highest BCUT2D eigenvalue weighted by molar-refractivity contribution is 7.09. The summed E-state index contributed by atoms with van der Waals surface area (Å²) in [4.78, 5) is 42.2. The van der Waals surface area contributed by atoms with E-state index in [1.165, 1.54) is 28.4 Å². The Labute approximate surface area is 171 Å². The summed E-state index contributed by atoms with van der Waals surface area (Å²) in [5.41, 5.74) is -0.846. The molecule has 0 unspecified atom stereocenters.